The van der Waals surface area contributed by atoms with Crippen molar-refractivity contribution in [1.82, 2.24) is 10.6 Å². The lowest BCUT2D eigenvalue weighted by Gasteiger charge is -2.23. The summed E-state index contributed by atoms with van der Waals surface area (Å²) in [5.74, 6) is 0.0494. The van der Waals surface area contributed by atoms with E-state index in [9.17, 15) is 4.79 Å². The van der Waals surface area contributed by atoms with Crippen molar-refractivity contribution in [3.63, 3.8) is 0 Å². The van der Waals surface area contributed by atoms with Gasteiger partial charge in [-0.1, -0.05) is 12.1 Å². The van der Waals surface area contributed by atoms with Crippen LogP contribution in [0.25, 0.3) is 0 Å². The maximum absolute atomic E-state index is 12.0. The van der Waals surface area contributed by atoms with E-state index in [-0.39, 0.29) is 24.0 Å². The summed E-state index contributed by atoms with van der Waals surface area (Å²) in [6, 6.07) is 4.55. The van der Waals surface area contributed by atoms with Gasteiger partial charge in [0.1, 0.15) is 0 Å². The summed E-state index contributed by atoms with van der Waals surface area (Å²) in [4.78, 5) is 12.0. The van der Waals surface area contributed by atoms with Crippen molar-refractivity contribution >= 4 is 5.91 Å². The molecule has 112 valence electrons. The van der Waals surface area contributed by atoms with Crippen LogP contribution in [0.4, 0.5) is 0 Å². The Morgan fingerprint density at radius 3 is 2.05 bits per heavy atom. The zero-order chi connectivity index (χ0) is 15.4. The van der Waals surface area contributed by atoms with Crippen molar-refractivity contribution in [3.05, 3.63) is 34.4 Å². The molecule has 0 heterocycles. The number of rotatable bonds is 5. The number of amides is 1. The van der Waals surface area contributed by atoms with Crippen molar-refractivity contribution in [2.75, 3.05) is 0 Å². The van der Waals surface area contributed by atoms with Gasteiger partial charge in [-0.2, -0.15) is 0 Å². The van der Waals surface area contributed by atoms with E-state index in [1.165, 1.54) is 22.3 Å². The highest BCUT2D eigenvalue weighted by Gasteiger charge is 2.18. The molecule has 3 nitrogen and oxygen atoms in total. The Morgan fingerprint density at radius 2 is 1.50 bits per heavy atom. The van der Waals surface area contributed by atoms with Crippen molar-refractivity contribution in [1.29, 1.82) is 0 Å². The van der Waals surface area contributed by atoms with Crippen molar-refractivity contribution in [2.45, 2.75) is 66.6 Å². The van der Waals surface area contributed by atoms with E-state index in [1.807, 2.05) is 20.8 Å². The summed E-state index contributed by atoms with van der Waals surface area (Å²) >= 11 is 0. The van der Waals surface area contributed by atoms with Crippen molar-refractivity contribution in [2.24, 2.45) is 0 Å². The molecular formula is C17H28N2O. The van der Waals surface area contributed by atoms with Crippen LogP contribution in [0.3, 0.4) is 0 Å². The molecule has 0 aliphatic heterocycles. The maximum Gasteiger partial charge on any atom is 0.237 e. The molecular weight excluding hydrogens is 248 g/mol. The van der Waals surface area contributed by atoms with Gasteiger partial charge in [0.25, 0.3) is 0 Å². The Hall–Kier alpha value is -1.35. The normalized spacial score (nSPS) is 14.2. The summed E-state index contributed by atoms with van der Waals surface area (Å²) in [5.41, 5.74) is 5.13. The molecule has 0 fully saturated rings. The van der Waals surface area contributed by atoms with E-state index in [2.05, 4.69) is 50.5 Å². The molecule has 0 aliphatic rings. The number of carbonyl (C=O) groups is 1. The molecule has 0 aliphatic carbocycles. The largest absolute Gasteiger partial charge is 0.353 e. The molecule has 2 N–H and O–H groups in total. The Balaban J connectivity index is 2.78. The highest BCUT2D eigenvalue weighted by molar-refractivity contribution is 5.81. The summed E-state index contributed by atoms with van der Waals surface area (Å²) in [6.45, 7) is 14.3. The van der Waals surface area contributed by atoms with Gasteiger partial charge in [-0.25, -0.2) is 0 Å². The Bertz CT molecular complexity index is 480. The minimum atomic E-state index is -0.201. The van der Waals surface area contributed by atoms with E-state index in [4.69, 9.17) is 0 Å². The first kappa shape index (κ1) is 16.7. The molecule has 1 rings (SSSR count). The minimum absolute atomic E-state index is 0.0494. The van der Waals surface area contributed by atoms with Gasteiger partial charge in [-0.3, -0.25) is 10.1 Å². The van der Waals surface area contributed by atoms with Gasteiger partial charge >= 0.3 is 0 Å². The smallest absolute Gasteiger partial charge is 0.237 e. The second-order valence-electron chi connectivity index (χ2n) is 6.07. The standard InChI is InChI=1S/C17H28N2O/c1-10(2)18-17(20)15(7)19-14(6)16-9-12(4)11(3)8-13(16)5/h8-10,14-15,19H,1-7H3,(H,18,20). The van der Waals surface area contributed by atoms with Crippen LogP contribution in [0.1, 0.15) is 56.0 Å². The second kappa shape index (κ2) is 6.89. The lowest BCUT2D eigenvalue weighted by Crippen LogP contribution is -2.45. The zero-order valence-corrected chi connectivity index (χ0v) is 13.8. The van der Waals surface area contributed by atoms with Crippen LogP contribution in [0, 0.1) is 20.8 Å². The predicted octanol–water partition coefficient (Wildman–Crippen LogP) is 3.18. The Kier molecular flexibility index (Phi) is 5.75. The van der Waals surface area contributed by atoms with Crippen LogP contribution in [-0.2, 0) is 4.79 Å². The first-order valence-corrected chi connectivity index (χ1v) is 7.36. The van der Waals surface area contributed by atoms with Crippen LogP contribution in [0.5, 0.6) is 0 Å². The van der Waals surface area contributed by atoms with Gasteiger partial charge in [-0.05, 0) is 70.7 Å². The third kappa shape index (κ3) is 4.34. The van der Waals surface area contributed by atoms with Gasteiger partial charge in [0, 0.05) is 12.1 Å². The van der Waals surface area contributed by atoms with Gasteiger partial charge < -0.3 is 5.32 Å². The summed E-state index contributed by atoms with van der Waals surface area (Å²) < 4.78 is 0. The SMILES string of the molecule is Cc1cc(C)c(C(C)NC(C)C(=O)NC(C)C)cc1C. The molecule has 0 saturated heterocycles. The van der Waals surface area contributed by atoms with Crippen molar-refractivity contribution in [3.8, 4) is 0 Å². The number of nitrogens with one attached hydrogen (secondary N) is 2. The highest BCUT2D eigenvalue weighted by atomic mass is 16.2. The molecule has 3 heteroatoms. The lowest BCUT2D eigenvalue weighted by atomic mass is 9.96. The molecule has 0 spiro atoms. The maximum atomic E-state index is 12.0. The van der Waals surface area contributed by atoms with Crippen LogP contribution >= 0.6 is 0 Å². The average Bonchev–Trinajstić information content (AvgIpc) is 2.32. The van der Waals surface area contributed by atoms with E-state index in [1.54, 1.807) is 0 Å². The number of hydrogen-bond donors (Lipinski definition) is 2. The molecule has 2 atom stereocenters. The minimum Gasteiger partial charge on any atom is -0.353 e. The fraction of sp³-hybridized carbons (Fsp3) is 0.588. The molecule has 0 aromatic heterocycles. The highest BCUT2D eigenvalue weighted by Crippen LogP contribution is 2.21. The van der Waals surface area contributed by atoms with Crippen LogP contribution in [-0.4, -0.2) is 18.0 Å². The van der Waals surface area contributed by atoms with Crippen LogP contribution < -0.4 is 10.6 Å². The van der Waals surface area contributed by atoms with E-state index in [0.29, 0.717) is 0 Å². The summed E-state index contributed by atoms with van der Waals surface area (Å²) in [7, 11) is 0. The number of carbonyl (C=O) groups excluding carboxylic acids is 1. The molecule has 20 heavy (non-hydrogen) atoms. The molecule has 1 aromatic rings. The van der Waals surface area contributed by atoms with E-state index >= 15 is 0 Å². The van der Waals surface area contributed by atoms with Gasteiger partial charge in [-0.15, -0.1) is 0 Å². The zero-order valence-electron chi connectivity index (χ0n) is 13.8. The predicted molar refractivity (Wildman–Crippen MR) is 84.9 cm³/mol. The van der Waals surface area contributed by atoms with Crippen LogP contribution in [0.2, 0.25) is 0 Å². The Morgan fingerprint density at radius 1 is 0.950 bits per heavy atom. The summed E-state index contributed by atoms with van der Waals surface area (Å²) in [6.07, 6.45) is 0. The molecule has 0 saturated carbocycles. The topological polar surface area (TPSA) is 41.1 Å². The number of benzene rings is 1. The molecule has 0 bridgehead atoms. The first-order chi connectivity index (χ1) is 9.22. The second-order valence-corrected chi connectivity index (χ2v) is 6.07. The van der Waals surface area contributed by atoms with E-state index in [0.717, 1.165) is 0 Å². The van der Waals surface area contributed by atoms with Crippen LogP contribution in [0.15, 0.2) is 12.1 Å². The fourth-order valence-electron chi connectivity index (χ4n) is 2.40. The number of aryl methyl sites for hydroxylation is 3. The third-order valence-corrected chi connectivity index (χ3v) is 3.67. The quantitative estimate of drug-likeness (QED) is 0.867. The lowest BCUT2D eigenvalue weighted by molar-refractivity contribution is -0.123. The number of hydrogen-bond acceptors (Lipinski definition) is 2. The monoisotopic (exact) mass is 276 g/mol. The van der Waals surface area contributed by atoms with Gasteiger partial charge in [0.2, 0.25) is 5.91 Å². The molecule has 0 radical (unpaired) electrons. The van der Waals surface area contributed by atoms with Gasteiger partial charge in [0.05, 0.1) is 6.04 Å². The molecule has 1 aromatic carbocycles. The third-order valence-electron chi connectivity index (χ3n) is 3.67. The molecule has 2 unspecified atom stereocenters. The summed E-state index contributed by atoms with van der Waals surface area (Å²) in [5, 5.41) is 6.31. The molecule has 1 amide bonds. The fourth-order valence-corrected chi connectivity index (χ4v) is 2.40. The van der Waals surface area contributed by atoms with E-state index < -0.39 is 0 Å². The van der Waals surface area contributed by atoms with Gasteiger partial charge in [0.15, 0.2) is 0 Å². The average molecular weight is 276 g/mol. The Labute approximate surface area is 123 Å². The first-order valence-electron chi connectivity index (χ1n) is 7.36. The van der Waals surface area contributed by atoms with Crippen molar-refractivity contribution < 1.29 is 4.79 Å².